The summed E-state index contributed by atoms with van der Waals surface area (Å²) in [5.74, 6) is -0.191. The van der Waals surface area contributed by atoms with Gasteiger partial charge in [-0.05, 0) is 41.8 Å². The van der Waals surface area contributed by atoms with E-state index in [9.17, 15) is 4.79 Å². The number of hydrogen-bond donors (Lipinski definition) is 1. The SMILES string of the molecule is N#Cc1ccc(Cn2nc(C(=O)NCCc3cccnc3)c3ccccc32)cc1. The molecule has 0 saturated heterocycles. The van der Waals surface area contributed by atoms with Crippen LogP contribution in [0.25, 0.3) is 10.9 Å². The molecule has 142 valence electrons. The Morgan fingerprint density at radius 1 is 1.03 bits per heavy atom. The smallest absolute Gasteiger partial charge is 0.272 e. The normalized spacial score (nSPS) is 10.6. The average Bonchev–Trinajstić information content (AvgIpc) is 3.14. The molecule has 0 radical (unpaired) electrons. The first-order valence-electron chi connectivity index (χ1n) is 9.36. The molecule has 2 aromatic carbocycles. The summed E-state index contributed by atoms with van der Waals surface area (Å²) in [6.07, 6.45) is 4.24. The van der Waals surface area contributed by atoms with Crippen LogP contribution in [-0.4, -0.2) is 27.2 Å². The van der Waals surface area contributed by atoms with Gasteiger partial charge in [0.25, 0.3) is 5.91 Å². The lowest BCUT2D eigenvalue weighted by atomic mass is 10.1. The molecule has 0 saturated carbocycles. The summed E-state index contributed by atoms with van der Waals surface area (Å²) in [6.45, 7) is 1.04. The molecular formula is C23H19N5O. The number of carbonyl (C=O) groups excluding carboxylic acids is 1. The van der Waals surface area contributed by atoms with Crippen molar-refractivity contribution in [3.05, 3.63) is 95.4 Å². The zero-order chi connectivity index (χ0) is 20.1. The zero-order valence-corrected chi connectivity index (χ0v) is 15.7. The molecule has 4 rings (SSSR count). The minimum absolute atomic E-state index is 0.191. The van der Waals surface area contributed by atoms with Crippen molar-refractivity contribution in [2.24, 2.45) is 0 Å². The van der Waals surface area contributed by atoms with Gasteiger partial charge in [-0.15, -0.1) is 0 Å². The Balaban J connectivity index is 1.53. The van der Waals surface area contributed by atoms with E-state index in [1.165, 1.54) is 0 Å². The van der Waals surface area contributed by atoms with Gasteiger partial charge in [0.2, 0.25) is 0 Å². The molecule has 6 heteroatoms. The summed E-state index contributed by atoms with van der Waals surface area (Å²) < 4.78 is 1.83. The number of nitrogens with zero attached hydrogens (tertiary/aromatic N) is 4. The fraction of sp³-hybridized carbons (Fsp3) is 0.130. The third kappa shape index (κ3) is 4.14. The largest absolute Gasteiger partial charge is 0.350 e. The number of nitrogens with one attached hydrogen (secondary N) is 1. The Morgan fingerprint density at radius 2 is 1.86 bits per heavy atom. The minimum Gasteiger partial charge on any atom is -0.350 e. The van der Waals surface area contributed by atoms with Crippen LogP contribution in [0.2, 0.25) is 0 Å². The number of nitriles is 1. The maximum absolute atomic E-state index is 12.8. The van der Waals surface area contributed by atoms with Crippen molar-refractivity contribution in [2.45, 2.75) is 13.0 Å². The van der Waals surface area contributed by atoms with E-state index in [4.69, 9.17) is 5.26 Å². The second-order valence-electron chi connectivity index (χ2n) is 6.70. The van der Waals surface area contributed by atoms with E-state index >= 15 is 0 Å². The number of fused-ring (bicyclic) bond motifs is 1. The Morgan fingerprint density at radius 3 is 2.62 bits per heavy atom. The molecule has 1 N–H and O–H groups in total. The highest BCUT2D eigenvalue weighted by Crippen LogP contribution is 2.20. The fourth-order valence-corrected chi connectivity index (χ4v) is 3.22. The van der Waals surface area contributed by atoms with Gasteiger partial charge in [-0.3, -0.25) is 14.5 Å². The van der Waals surface area contributed by atoms with Crippen LogP contribution < -0.4 is 5.32 Å². The Kier molecular flexibility index (Phi) is 5.30. The first kappa shape index (κ1) is 18.4. The van der Waals surface area contributed by atoms with Crippen LogP contribution in [0.4, 0.5) is 0 Å². The van der Waals surface area contributed by atoms with Crippen molar-refractivity contribution in [3.63, 3.8) is 0 Å². The number of amides is 1. The van der Waals surface area contributed by atoms with E-state index in [0.29, 0.717) is 30.8 Å². The van der Waals surface area contributed by atoms with Crippen molar-refractivity contribution in [1.29, 1.82) is 5.26 Å². The van der Waals surface area contributed by atoms with Crippen LogP contribution in [0.15, 0.2) is 73.1 Å². The topological polar surface area (TPSA) is 83.6 Å². The summed E-state index contributed by atoms with van der Waals surface area (Å²) >= 11 is 0. The summed E-state index contributed by atoms with van der Waals surface area (Å²) in [7, 11) is 0. The highest BCUT2D eigenvalue weighted by Gasteiger charge is 2.16. The van der Waals surface area contributed by atoms with Crippen molar-refractivity contribution in [1.82, 2.24) is 20.1 Å². The van der Waals surface area contributed by atoms with Gasteiger partial charge in [-0.2, -0.15) is 10.4 Å². The molecule has 0 spiro atoms. The quantitative estimate of drug-likeness (QED) is 0.555. The summed E-state index contributed by atoms with van der Waals surface area (Å²) in [6, 6.07) is 21.1. The number of para-hydroxylation sites is 1. The lowest BCUT2D eigenvalue weighted by molar-refractivity contribution is 0.0950. The van der Waals surface area contributed by atoms with Crippen molar-refractivity contribution < 1.29 is 4.79 Å². The molecule has 0 aliphatic heterocycles. The van der Waals surface area contributed by atoms with E-state index in [1.54, 1.807) is 24.5 Å². The molecule has 4 aromatic rings. The lowest BCUT2D eigenvalue weighted by Crippen LogP contribution is -2.26. The molecule has 1 amide bonds. The first-order chi connectivity index (χ1) is 14.2. The first-order valence-corrected chi connectivity index (χ1v) is 9.36. The molecule has 2 aromatic heterocycles. The summed E-state index contributed by atoms with van der Waals surface area (Å²) in [5.41, 5.74) is 4.02. The van der Waals surface area contributed by atoms with Gasteiger partial charge >= 0.3 is 0 Å². The molecule has 0 unspecified atom stereocenters. The van der Waals surface area contributed by atoms with E-state index in [0.717, 1.165) is 22.0 Å². The zero-order valence-electron chi connectivity index (χ0n) is 15.7. The third-order valence-electron chi connectivity index (χ3n) is 4.71. The fourth-order valence-electron chi connectivity index (χ4n) is 3.22. The third-order valence-corrected chi connectivity index (χ3v) is 4.71. The van der Waals surface area contributed by atoms with Gasteiger partial charge in [0.15, 0.2) is 5.69 Å². The van der Waals surface area contributed by atoms with Gasteiger partial charge in [-0.1, -0.05) is 36.4 Å². The van der Waals surface area contributed by atoms with Crippen LogP contribution in [0, 0.1) is 11.3 Å². The van der Waals surface area contributed by atoms with E-state index in [1.807, 2.05) is 53.2 Å². The highest BCUT2D eigenvalue weighted by molar-refractivity contribution is 6.04. The summed E-state index contributed by atoms with van der Waals surface area (Å²) in [5, 5.41) is 17.3. The van der Waals surface area contributed by atoms with E-state index in [-0.39, 0.29) is 5.91 Å². The lowest BCUT2D eigenvalue weighted by Gasteiger charge is -2.04. The Labute approximate surface area is 168 Å². The van der Waals surface area contributed by atoms with E-state index < -0.39 is 0 Å². The number of rotatable bonds is 6. The van der Waals surface area contributed by atoms with Crippen LogP contribution >= 0.6 is 0 Å². The number of pyridine rings is 1. The monoisotopic (exact) mass is 381 g/mol. The van der Waals surface area contributed by atoms with Crippen molar-refractivity contribution in [3.8, 4) is 6.07 Å². The molecule has 0 atom stereocenters. The van der Waals surface area contributed by atoms with Crippen molar-refractivity contribution in [2.75, 3.05) is 6.54 Å². The van der Waals surface area contributed by atoms with Crippen LogP contribution in [0.3, 0.4) is 0 Å². The average molecular weight is 381 g/mol. The second-order valence-corrected chi connectivity index (χ2v) is 6.70. The highest BCUT2D eigenvalue weighted by atomic mass is 16.1. The second kappa shape index (κ2) is 8.36. The van der Waals surface area contributed by atoms with Gasteiger partial charge < -0.3 is 5.32 Å². The van der Waals surface area contributed by atoms with Crippen LogP contribution in [-0.2, 0) is 13.0 Å². The number of benzene rings is 2. The molecule has 0 bridgehead atoms. The Hall–Kier alpha value is -3.98. The number of hydrogen-bond acceptors (Lipinski definition) is 4. The number of aromatic nitrogens is 3. The molecule has 6 nitrogen and oxygen atoms in total. The van der Waals surface area contributed by atoms with Crippen molar-refractivity contribution >= 4 is 16.8 Å². The number of carbonyl (C=O) groups is 1. The minimum atomic E-state index is -0.191. The van der Waals surface area contributed by atoms with Gasteiger partial charge in [-0.25, -0.2) is 0 Å². The van der Waals surface area contributed by atoms with Gasteiger partial charge in [0, 0.05) is 24.3 Å². The molecule has 2 heterocycles. The summed E-state index contributed by atoms with van der Waals surface area (Å²) in [4.78, 5) is 16.8. The van der Waals surface area contributed by atoms with E-state index in [2.05, 4.69) is 21.5 Å². The predicted octanol–water partition coefficient (Wildman–Crippen LogP) is 3.32. The van der Waals surface area contributed by atoms with Gasteiger partial charge in [0.1, 0.15) is 0 Å². The molecular weight excluding hydrogens is 362 g/mol. The Bertz CT molecular complexity index is 1170. The molecule has 0 aliphatic rings. The van der Waals surface area contributed by atoms with Crippen LogP contribution in [0.5, 0.6) is 0 Å². The predicted molar refractivity (Wildman–Crippen MR) is 110 cm³/mol. The standard InChI is InChI=1S/C23H19N5O/c24-14-17-7-9-19(10-8-17)16-28-21-6-2-1-5-20(21)22(27-28)23(29)26-13-11-18-4-3-12-25-15-18/h1-10,12,15H,11,13,16H2,(H,26,29). The van der Waals surface area contributed by atoms with Gasteiger partial charge in [0.05, 0.1) is 23.7 Å². The molecule has 0 aliphatic carbocycles. The maximum Gasteiger partial charge on any atom is 0.272 e. The molecule has 0 fully saturated rings. The molecule has 29 heavy (non-hydrogen) atoms. The van der Waals surface area contributed by atoms with Crippen LogP contribution in [0.1, 0.15) is 27.2 Å². The maximum atomic E-state index is 12.8.